The summed E-state index contributed by atoms with van der Waals surface area (Å²) in [6.07, 6.45) is 1.30. The largest absolute Gasteiger partial charge is 0.391 e. The quantitative estimate of drug-likeness (QED) is 0.448. The van der Waals surface area contributed by atoms with Gasteiger partial charge in [0.25, 0.3) is 0 Å². The third-order valence-electron chi connectivity index (χ3n) is 1.33. The van der Waals surface area contributed by atoms with Gasteiger partial charge in [-0.3, -0.25) is 0 Å². The Labute approximate surface area is 82.2 Å². The summed E-state index contributed by atoms with van der Waals surface area (Å²) in [6.45, 7) is 0.431. The Kier molecular flexibility index (Phi) is 3.92. The van der Waals surface area contributed by atoms with Crippen molar-refractivity contribution in [2.45, 2.75) is 6.61 Å². The van der Waals surface area contributed by atoms with Crippen LogP contribution in [-0.4, -0.2) is 11.2 Å². The van der Waals surface area contributed by atoms with E-state index in [-0.39, 0.29) is 4.99 Å². The van der Waals surface area contributed by atoms with E-state index in [4.69, 9.17) is 10.6 Å². The van der Waals surface area contributed by atoms with Gasteiger partial charge in [0.1, 0.15) is 17.8 Å². The fourth-order valence-corrected chi connectivity index (χ4v) is 0.818. The number of nitrogens with two attached hydrogens (primary N) is 1. The van der Waals surface area contributed by atoms with Crippen molar-refractivity contribution in [2.24, 2.45) is 10.9 Å². The first-order valence-corrected chi connectivity index (χ1v) is 4.18. The Morgan fingerprint density at radius 2 is 2.15 bits per heavy atom. The summed E-state index contributed by atoms with van der Waals surface area (Å²) in [5.74, 6) is 0. The molecule has 0 aliphatic carbocycles. The van der Waals surface area contributed by atoms with Crippen molar-refractivity contribution >= 4 is 23.4 Å². The third kappa shape index (κ3) is 4.22. The first kappa shape index (κ1) is 9.67. The zero-order valence-corrected chi connectivity index (χ0v) is 7.83. The molecule has 0 atom stereocenters. The van der Waals surface area contributed by atoms with E-state index in [2.05, 4.69) is 17.4 Å². The molecule has 0 spiro atoms. The second kappa shape index (κ2) is 5.27. The second-order valence-corrected chi connectivity index (χ2v) is 2.87. The van der Waals surface area contributed by atoms with Gasteiger partial charge in [0, 0.05) is 0 Å². The summed E-state index contributed by atoms with van der Waals surface area (Å²) in [4.78, 5) is 5.15. The molecule has 0 aliphatic heterocycles. The molecule has 0 amide bonds. The van der Waals surface area contributed by atoms with Crippen LogP contribution in [0.25, 0.3) is 0 Å². The number of thiocarbonyl (C=S) groups is 1. The van der Waals surface area contributed by atoms with Crippen molar-refractivity contribution in [3.05, 3.63) is 35.9 Å². The molecule has 0 aliphatic rings. The molecule has 13 heavy (non-hydrogen) atoms. The van der Waals surface area contributed by atoms with Crippen molar-refractivity contribution in [3.63, 3.8) is 0 Å². The minimum Gasteiger partial charge on any atom is -0.391 e. The minimum absolute atomic E-state index is 0.216. The van der Waals surface area contributed by atoms with Crippen LogP contribution in [0.15, 0.2) is 35.5 Å². The zero-order chi connectivity index (χ0) is 9.52. The molecule has 0 saturated heterocycles. The summed E-state index contributed by atoms with van der Waals surface area (Å²) >= 11 is 4.57. The zero-order valence-electron chi connectivity index (χ0n) is 7.01. The van der Waals surface area contributed by atoms with Crippen LogP contribution in [0.2, 0.25) is 0 Å². The van der Waals surface area contributed by atoms with Gasteiger partial charge in [-0.15, -0.1) is 0 Å². The van der Waals surface area contributed by atoms with Crippen molar-refractivity contribution in [3.8, 4) is 0 Å². The lowest BCUT2D eigenvalue weighted by molar-refractivity contribution is 0.132. The summed E-state index contributed by atoms with van der Waals surface area (Å²) in [7, 11) is 0. The van der Waals surface area contributed by atoms with E-state index in [1.54, 1.807) is 0 Å². The lowest BCUT2D eigenvalue weighted by Crippen LogP contribution is -2.08. The highest BCUT2D eigenvalue weighted by Crippen LogP contribution is 1.99. The molecule has 0 aromatic heterocycles. The Hall–Kier alpha value is -1.42. The van der Waals surface area contributed by atoms with Crippen molar-refractivity contribution in [1.29, 1.82) is 0 Å². The molecular formula is C9H10N2OS. The fourth-order valence-electron chi connectivity index (χ4n) is 0.775. The van der Waals surface area contributed by atoms with Crippen LogP contribution in [-0.2, 0) is 11.4 Å². The molecule has 1 aromatic rings. The molecule has 1 aromatic carbocycles. The van der Waals surface area contributed by atoms with Gasteiger partial charge in [-0.25, -0.2) is 0 Å². The van der Waals surface area contributed by atoms with Crippen molar-refractivity contribution < 1.29 is 4.84 Å². The first-order chi connectivity index (χ1) is 6.29. The van der Waals surface area contributed by atoms with Crippen molar-refractivity contribution in [2.75, 3.05) is 0 Å². The number of rotatable bonds is 4. The second-order valence-electron chi connectivity index (χ2n) is 2.40. The SMILES string of the molecule is NC(=S)/C=N/OCc1ccccc1. The van der Waals surface area contributed by atoms with Gasteiger partial charge in [0.05, 0.1) is 0 Å². The molecular weight excluding hydrogens is 184 g/mol. The highest BCUT2D eigenvalue weighted by atomic mass is 32.1. The maximum absolute atomic E-state index is 5.17. The van der Waals surface area contributed by atoms with E-state index < -0.39 is 0 Å². The third-order valence-corrected chi connectivity index (χ3v) is 1.43. The lowest BCUT2D eigenvalue weighted by atomic mass is 10.2. The Balaban J connectivity index is 2.32. The van der Waals surface area contributed by atoms with Crippen LogP contribution >= 0.6 is 12.2 Å². The van der Waals surface area contributed by atoms with E-state index in [1.165, 1.54) is 6.21 Å². The highest BCUT2D eigenvalue weighted by Gasteiger charge is 1.88. The molecule has 2 N–H and O–H groups in total. The minimum atomic E-state index is 0.216. The van der Waals surface area contributed by atoms with Gasteiger partial charge in [0.15, 0.2) is 0 Å². The van der Waals surface area contributed by atoms with Crippen LogP contribution in [0.3, 0.4) is 0 Å². The van der Waals surface area contributed by atoms with E-state index in [0.29, 0.717) is 6.61 Å². The monoisotopic (exact) mass is 194 g/mol. The van der Waals surface area contributed by atoms with E-state index in [9.17, 15) is 0 Å². The Bertz CT molecular complexity index is 298. The number of hydrogen-bond donors (Lipinski definition) is 1. The average molecular weight is 194 g/mol. The Morgan fingerprint density at radius 1 is 1.46 bits per heavy atom. The van der Waals surface area contributed by atoms with E-state index in [0.717, 1.165) is 5.56 Å². The maximum Gasteiger partial charge on any atom is 0.142 e. The summed E-state index contributed by atoms with van der Waals surface area (Å²) in [5.41, 5.74) is 6.23. The molecule has 1 rings (SSSR count). The molecule has 0 saturated carbocycles. The molecule has 0 bridgehead atoms. The number of benzene rings is 1. The van der Waals surface area contributed by atoms with Crippen molar-refractivity contribution in [1.82, 2.24) is 0 Å². The number of nitrogens with zero attached hydrogens (tertiary/aromatic N) is 1. The number of oxime groups is 1. The van der Waals surface area contributed by atoms with Gasteiger partial charge in [0.2, 0.25) is 0 Å². The molecule has 3 nitrogen and oxygen atoms in total. The van der Waals surface area contributed by atoms with E-state index in [1.807, 2.05) is 30.3 Å². The fraction of sp³-hybridized carbons (Fsp3) is 0.111. The normalized spacial score (nSPS) is 10.2. The lowest BCUT2D eigenvalue weighted by Gasteiger charge is -1.97. The molecule has 0 fully saturated rings. The van der Waals surface area contributed by atoms with Gasteiger partial charge in [-0.2, -0.15) is 0 Å². The predicted molar refractivity (Wildman–Crippen MR) is 56.5 cm³/mol. The molecule has 68 valence electrons. The summed E-state index contributed by atoms with van der Waals surface area (Å²) in [6, 6.07) is 9.74. The summed E-state index contributed by atoms with van der Waals surface area (Å²) < 4.78 is 0. The predicted octanol–water partition coefficient (Wildman–Crippen LogP) is 1.48. The van der Waals surface area contributed by atoms with Gasteiger partial charge >= 0.3 is 0 Å². The van der Waals surface area contributed by atoms with Crippen LogP contribution in [0, 0.1) is 0 Å². The van der Waals surface area contributed by atoms with Gasteiger partial charge < -0.3 is 10.6 Å². The molecule has 0 unspecified atom stereocenters. The standard InChI is InChI=1S/C9H10N2OS/c10-9(13)6-11-12-7-8-4-2-1-3-5-8/h1-6H,7H2,(H2,10,13)/b11-6+. The van der Waals surface area contributed by atoms with Crippen LogP contribution in [0.4, 0.5) is 0 Å². The van der Waals surface area contributed by atoms with Crippen LogP contribution in [0.1, 0.15) is 5.56 Å². The maximum atomic E-state index is 5.17. The Morgan fingerprint density at radius 3 is 2.77 bits per heavy atom. The smallest absolute Gasteiger partial charge is 0.142 e. The van der Waals surface area contributed by atoms with Gasteiger partial charge in [-0.1, -0.05) is 47.7 Å². The average Bonchev–Trinajstić information content (AvgIpc) is 2.14. The first-order valence-electron chi connectivity index (χ1n) is 3.78. The highest BCUT2D eigenvalue weighted by molar-refractivity contribution is 7.81. The molecule has 4 heteroatoms. The van der Waals surface area contributed by atoms with E-state index >= 15 is 0 Å². The van der Waals surface area contributed by atoms with Crippen LogP contribution < -0.4 is 5.73 Å². The molecule has 0 heterocycles. The molecule has 0 radical (unpaired) electrons. The van der Waals surface area contributed by atoms with Crippen LogP contribution in [0.5, 0.6) is 0 Å². The number of hydrogen-bond acceptors (Lipinski definition) is 3. The summed E-state index contributed by atoms with van der Waals surface area (Å²) in [5, 5.41) is 3.57. The van der Waals surface area contributed by atoms with Gasteiger partial charge in [-0.05, 0) is 5.56 Å². The topological polar surface area (TPSA) is 47.6 Å².